The van der Waals surface area contributed by atoms with E-state index in [-0.39, 0.29) is 16.9 Å². The Morgan fingerprint density at radius 3 is 2.88 bits per heavy atom. The Bertz CT molecular complexity index is 1150. The monoisotopic (exact) mass is 342 g/mol. The number of fused-ring (bicyclic) bond motifs is 3. The SMILES string of the molecule is COc1c(-c2cccc(F)c2)oc2ccc3nc(N)sc3c2c1=O. The fourth-order valence-corrected chi connectivity index (χ4v) is 3.54. The molecule has 0 fully saturated rings. The van der Waals surface area contributed by atoms with Crippen LogP contribution in [0.3, 0.4) is 0 Å². The zero-order valence-electron chi connectivity index (χ0n) is 12.5. The highest BCUT2D eigenvalue weighted by molar-refractivity contribution is 7.23. The maximum absolute atomic E-state index is 13.5. The summed E-state index contributed by atoms with van der Waals surface area (Å²) in [4.78, 5) is 17.1. The molecule has 0 saturated carbocycles. The fraction of sp³-hybridized carbons (Fsp3) is 0.0588. The van der Waals surface area contributed by atoms with Gasteiger partial charge in [-0.1, -0.05) is 23.5 Å². The van der Waals surface area contributed by atoms with Crippen molar-refractivity contribution in [3.63, 3.8) is 0 Å². The number of halogens is 1. The van der Waals surface area contributed by atoms with Gasteiger partial charge in [0.05, 0.1) is 22.7 Å². The Morgan fingerprint density at radius 2 is 2.12 bits per heavy atom. The van der Waals surface area contributed by atoms with Crippen LogP contribution in [-0.2, 0) is 0 Å². The zero-order chi connectivity index (χ0) is 16.8. The highest BCUT2D eigenvalue weighted by atomic mass is 32.1. The van der Waals surface area contributed by atoms with Crippen LogP contribution < -0.4 is 15.9 Å². The van der Waals surface area contributed by atoms with E-state index in [1.807, 2.05) is 0 Å². The third-order valence-electron chi connectivity index (χ3n) is 3.68. The van der Waals surface area contributed by atoms with Crippen LogP contribution >= 0.6 is 11.3 Å². The van der Waals surface area contributed by atoms with E-state index in [0.717, 1.165) is 0 Å². The van der Waals surface area contributed by atoms with Crippen molar-refractivity contribution >= 4 is 37.7 Å². The Kier molecular flexibility index (Phi) is 3.24. The summed E-state index contributed by atoms with van der Waals surface area (Å²) in [6, 6.07) is 9.19. The molecule has 2 N–H and O–H groups in total. The topological polar surface area (TPSA) is 78.3 Å². The van der Waals surface area contributed by atoms with Crippen LogP contribution in [-0.4, -0.2) is 12.1 Å². The van der Waals surface area contributed by atoms with Crippen LogP contribution in [0.5, 0.6) is 5.75 Å². The summed E-state index contributed by atoms with van der Waals surface area (Å²) >= 11 is 1.21. The van der Waals surface area contributed by atoms with Gasteiger partial charge in [-0.3, -0.25) is 4.79 Å². The van der Waals surface area contributed by atoms with Gasteiger partial charge in [-0.15, -0.1) is 0 Å². The fourth-order valence-electron chi connectivity index (χ4n) is 2.67. The summed E-state index contributed by atoms with van der Waals surface area (Å²) in [5.41, 5.74) is 6.82. The van der Waals surface area contributed by atoms with Crippen LogP contribution in [0, 0.1) is 5.82 Å². The van der Waals surface area contributed by atoms with Crippen LogP contribution in [0.1, 0.15) is 0 Å². The number of methoxy groups -OCH3 is 1. The minimum atomic E-state index is -0.428. The van der Waals surface area contributed by atoms with Crippen molar-refractivity contribution < 1.29 is 13.5 Å². The average molecular weight is 342 g/mol. The number of anilines is 1. The second kappa shape index (κ2) is 5.31. The molecule has 120 valence electrons. The molecule has 0 bridgehead atoms. The largest absolute Gasteiger partial charge is 0.490 e. The van der Waals surface area contributed by atoms with Gasteiger partial charge in [-0.05, 0) is 24.3 Å². The maximum atomic E-state index is 13.5. The van der Waals surface area contributed by atoms with Crippen molar-refractivity contribution in [2.75, 3.05) is 12.8 Å². The Hall–Kier alpha value is -2.93. The molecule has 2 heterocycles. The number of nitrogens with zero attached hydrogens (tertiary/aromatic N) is 1. The number of hydrogen-bond acceptors (Lipinski definition) is 6. The first-order chi connectivity index (χ1) is 11.6. The quantitative estimate of drug-likeness (QED) is 0.599. The lowest BCUT2D eigenvalue weighted by molar-refractivity contribution is 0.399. The summed E-state index contributed by atoms with van der Waals surface area (Å²) in [6.07, 6.45) is 0. The Labute approximate surface area is 139 Å². The third-order valence-corrected chi connectivity index (χ3v) is 4.60. The second-order valence-electron chi connectivity index (χ2n) is 5.14. The number of aromatic nitrogens is 1. The van der Waals surface area contributed by atoms with E-state index in [4.69, 9.17) is 14.9 Å². The number of nitrogens with two attached hydrogens (primary N) is 1. The van der Waals surface area contributed by atoms with Crippen LogP contribution in [0.4, 0.5) is 9.52 Å². The average Bonchev–Trinajstić information content (AvgIpc) is 2.94. The van der Waals surface area contributed by atoms with Gasteiger partial charge in [0, 0.05) is 5.56 Å². The number of ether oxygens (including phenoxy) is 1. The third kappa shape index (κ3) is 2.13. The predicted octanol–water partition coefficient (Wildman–Crippen LogP) is 3.80. The first-order valence-corrected chi connectivity index (χ1v) is 7.86. The van der Waals surface area contributed by atoms with Gasteiger partial charge < -0.3 is 14.9 Å². The van der Waals surface area contributed by atoms with Gasteiger partial charge in [0.1, 0.15) is 11.4 Å². The van der Waals surface area contributed by atoms with Gasteiger partial charge >= 0.3 is 0 Å². The molecule has 7 heteroatoms. The maximum Gasteiger partial charge on any atom is 0.236 e. The van der Waals surface area contributed by atoms with E-state index < -0.39 is 5.82 Å². The van der Waals surface area contributed by atoms with E-state index in [1.165, 1.54) is 30.6 Å². The molecule has 0 unspecified atom stereocenters. The van der Waals surface area contributed by atoms with E-state index in [1.54, 1.807) is 24.3 Å². The Morgan fingerprint density at radius 1 is 1.29 bits per heavy atom. The predicted molar refractivity (Wildman–Crippen MR) is 92.0 cm³/mol. The minimum Gasteiger partial charge on any atom is -0.490 e. The van der Waals surface area contributed by atoms with Gasteiger partial charge in [0.25, 0.3) is 0 Å². The molecule has 0 aliphatic carbocycles. The van der Waals surface area contributed by atoms with E-state index in [2.05, 4.69) is 4.98 Å². The van der Waals surface area contributed by atoms with E-state index >= 15 is 0 Å². The van der Waals surface area contributed by atoms with Crippen molar-refractivity contribution in [3.8, 4) is 17.1 Å². The lowest BCUT2D eigenvalue weighted by Gasteiger charge is -2.09. The van der Waals surface area contributed by atoms with Crippen molar-refractivity contribution in [2.45, 2.75) is 0 Å². The lowest BCUT2D eigenvalue weighted by Crippen LogP contribution is -2.07. The molecule has 5 nitrogen and oxygen atoms in total. The molecule has 2 aromatic carbocycles. The molecular weight excluding hydrogens is 331 g/mol. The Balaban J connectivity index is 2.13. The molecule has 0 aliphatic heterocycles. The van der Waals surface area contributed by atoms with E-state index in [9.17, 15) is 9.18 Å². The second-order valence-corrected chi connectivity index (χ2v) is 6.17. The number of nitrogen functional groups attached to an aromatic ring is 1. The molecule has 4 rings (SSSR count). The number of benzene rings is 2. The highest BCUT2D eigenvalue weighted by Crippen LogP contribution is 2.35. The standard InChI is InChI=1S/C17H11FN2O3S/c1-22-15-13(21)12-11(6-5-10-16(12)24-17(19)20-10)23-14(15)8-3-2-4-9(18)7-8/h2-7H,1H3,(H2,19,20). The number of rotatable bonds is 2. The zero-order valence-corrected chi connectivity index (χ0v) is 13.3. The first-order valence-electron chi connectivity index (χ1n) is 7.04. The molecule has 0 radical (unpaired) electrons. The first kappa shape index (κ1) is 14.6. The highest BCUT2D eigenvalue weighted by Gasteiger charge is 2.20. The van der Waals surface area contributed by atoms with Crippen LogP contribution in [0.2, 0.25) is 0 Å². The summed E-state index contributed by atoms with van der Waals surface area (Å²) in [6.45, 7) is 0. The molecule has 0 aliphatic rings. The summed E-state index contributed by atoms with van der Waals surface area (Å²) in [5.74, 6) is -0.220. The molecular formula is C17H11FN2O3S. The van der Waals surface area contributed by atoms with Crippen molar-refractivity contribution in [2.24, 2.45) is 0 Å². The normalized spacial score (nSPS) is 11.2. The van der Waals surface area contributed by atoms with Gasteiger partial charge in [-0.25, -0.2) is 9.37 Å². The molecule has 2 aromatic heterocycles. The number of hydrogen-bond donors (Lipinski definition) is 1. The van der Waals surface area contributed by atoms with Crippen LogP contribution in [0.15, 0.2) is 45.6 Å². The van der Waals surface area contributed by atoms with Crippen molar-refractivity contribution in [1.82, 2.24) is 4.98 Å². The van der Waals surface area contributed by atoms with Crippen molar-refractivity contribution in [1.29, 1.82) is 0 Å². The summed E-state index contributed by atoms with van der Waals surface area (Å²) in [7, 11) is 1.38. The lowest BCUT2D eigenvalue weighted by atomic mass is 10.1. The van der Waals surface area contributed by atoms with E-state index in [0.29, 0.717) is 31.9 Å². The molecule has 0 saturated heterocycles. The molecule has 0 amide bonds. The summed E-state index contributed by atoms with van der Waals surface area (Å²) in [5, 5.41) is 0.726. The van der Waals surface area contributed by atoms with Crippen LogP contribution in [0.25, 0.3) is 32.5 Å². The smallest absolute Gasteiger partial charge is 0.236 e. The van der Waals surface area contributed by atoms with Gasteiger partial charge in [-0.2, -0.15) is 0 Å². The molecule has 0 atom stereocenters. The minimum absolute atomic E-state index is 0.0209. The number of thiazole rings is 1. The molecule has 24 heavy (non-hydrogen) atoms. The van der Waals surface area contributed by atoms with Gasteiger partial charge in [0.2, 0.25) is 11.2 Å². The van der Waals surface area contributed by atoms with Gasteiger partial charge in [0.15, 0.2) is 10.9 Å². The van der Waals surface area contributed by atoms with Crippen molar-refractivity contribution in [3.05, 3.63) is 52.4 Å². The molecule has 0 spiro atoms. The molecule has 4 aromatic rings. The summed E-state index contributed by atoms with van der Waals surface area (Å²) < 4.78 is 25.3.